The molecule has 7 nitrogen and oxygen atoms in total. The average molecular weight is 620 g/mol. The summed E-state index contributed by atoms with van der Waals surface area (Å²) in [6.45, 7) is 8.83. The maximum atomic E-state index is 12.0. The van der Waals surface area contributed by atoms with Gasteiger partial charge in [-0.3, -0.25) is 13.9 Å². The largest absolute Gasteiger partial charge is 0.493 e. The first-order valence-electron chi connectivity index (χ1n) is 14.2. The number of esters is 1. The predicted molar refractivity (Wildman–Crippen MR) is 174 cm³/mol. The van der Waals surface area contributed by atoms with E-state index in [1.165, 1.54) is 10.1 Å². The molecule has 43 heavy (non-hydrogen) atoms. The molecule has 226 valence electrons. The SMILES string of the molecule is CC#CC(CC(=O)OCC)c1ccc(OCc2ccc3scc(-c4ccc(OCC5(C)CS(O)(O)C5)cc4C)c3c2)nc1. The smallest absolute Gasteiger partial charge is 0.307 e. The number of rotatable bonds is 11. The van der Waals surface area contributed by atoms with Gasteiger partial charge in [0.1, 0.15) is 12.4 Å². The minimum Gasteiger partial charge on any atom is -0.493 e. The number of pyridine rings is 1. The zero-order valence-corrected chi connectivity index (χ0v) is 26.5. The molecule has 5 rings (SSSR count). The van der Waals surface area contributed by atoms with Crippen molar-refractivity contribution in [3.05, 3.63) is 76.8 Å². The minimum absolute atomic E-state index is 0.185. The number of carbonyl (C=O) groups excluding carboxylic acids is 1. The molecule has 1 atom stereocenters. The number of thiophene rings is 1. The normalized spacial score (nSPS) is 16.3. The van der Waals surface area contributed by atoms with E-state index >= 15 is 0 Å². The molecule has 1 unspecified atom stereocenters. The number of ether oxygens (including phenoxy) is 3. The van der Waals surface area contributed by atoms with Crippen LogP contribution in [0.4, 0.5) is 0 Å². The van der Waals surface area contributed by atoms with Gasteiger partial charge in [-0.25, -0.2) is 4.98 Å². The lowest BCUT2D eigenvalue weighted by Crippen LogP contribution is -2.47. The first-order chi connectivity index (χ1) is 20.6. The fraction of sp³-hybridized carbons (Fsp3) is 0.353. The summed E-state index contributed by atoms with van der Waals surface area (Å²) in [4.78, 5) is 16.4. The van der Waals surface area contributed by atoms with Crippen LogP contribution in [0.5, 0.6) is 11.6 Å². The number of fused-ring (bicyclic) bond motifs is 1. The van der Waals surface area contributed by atoms with E-state index in [1.54, 1.807) is 31.4 Å². The van der Waals surface area contributed by atoms with E-state index in [0.29, 0.717) is 37.2 Å². The van der Waals surface area contributed by atoms with Gasteiger partial charge in [0.15, 0.2) is 0 Å². The molecule has 4 aromatic rings. The number of carbonyl (C=O) groups is 1. The van der Waals surface area contributed by atoms with Crippen molar-refractivity contribution >= 4 is 38.0 Å². The second-order valence-electron chi connectivity index (χ2n) is 11.3. The summed E-state index contributed by atoms with van der Waals surface area (Å²) in [5, 5.41) is 3.35. The number of hydrogen-bond donors (Lipinski definition) is 2. The number of aromatic nitrogens is 1. The Labute approximate surface area is 258 Å². The highest BCUT2D eigenvalue weighted by atomic mass is 32.3. The van der Waals surface area contributed by atoms with Crippen molar-refractivity contribution in [2.24, 2.45) is 5.41 Å². The molecule has 1 saturated heterocycles. The standard InChI is InChI=1S/C34H37NO6S2/c1-5-7-25(16-33(36)39-6-2)26-9-13-32(35-17-26)40-18-24-8-12-31-29(15-24)30(19-42-31)28-11-10-27(14-23(28)3)41-20-34(4)21-43(37,38)22-34/h8-15,17,19,25,37-38H,6,16,18,20-22H2,1-4H3. The number of nitrogens with zero attached hydrogens (tertiary/aromatic N) is 1. The van der Waals surface area contributed by atoms with Gasteiger partial charge in [0.2, 0.25) is 5.88 Å². The molecule has 1 aliphatic heterocycles. The Hall–Kier alpha value is -3.55. The third-order valence-corrected chi connectivity index (χ3v) is 10.7. The Bertz CT molecular complexity index is 1660. The van der Waals surface area contributed by atoms with Crippen LogP contribution in [-0.4, -0.2) is 44.8 Å². The summed E-state index contributed by atoms with van der Waals surface area (Å²) in [6.07, 6.45) is 1.89. The van der Waals surface area contributed by atoms with Gasteiger partial charge in [0.25, 0.3) is 0 Å². The van der Waals surface area contributed by atoms with Gasteiger partial charge in [-0.15, -0.1) is 17.3 Å². The summed E-state index contributed by atoms with van der Waals surface area (Å²) in [6, 6.07) is 16.2. The number of aryl methyl sites for hydroxylation is 1. The zero-order chi connectivity index (χ0) is 30.6. The summed E-state index contributed by atoms with van der Waals surface area (Å²) in [5.74, 6) is 7.50. The van der Waals surface area contributed by atoms with Gasteiger partial charge in [0.05, 0.1) is 25.6 Å². The van der Waals surface area contributed by atoms with E-state index in [9.17, 15) is 13.9 Å². The Kier molecular flexibility index (Phi) is 9.33. The molecule has 0 amide bonds. The summed E-state index contributed by atoms with van der Waals surface area (Å²) >= 11 is 1.71. The maximum absolute atomic E-state index is 12.0. The second-order valence-corrected chi connectivity index (χ2v) is 14.4. The molecule has 0 aliphatic carbocycles. The van der Waals surface area contributed by atoms with Crippen LogP contribution in [0.2, 0.25) is 0 Å². The molecule has 2 aromatic heterocycles. The van der Waals surface area contributed by atoms with E-state index in [2.05, 4.69) is 53.4 Å². The monoisotopic (exact) mass is 619 g/mol. The van der Waals surface area contributed by atoms with Gasteiger partial charge in [0, 0.05) is 44.8 Å². The molecule has 9 heteroatoms. The van der Waals surface area contributed by atoms with Crippen LogP contribution in [-0.2, 0) is 16.1 Å². The van der Waals surface area contributed by atoms with Crippen LogP contribution in [0, 0.1) is 24.2 Å². The van der Waals surface area contributed by atoms with Gasteiger partial charge >= 0.3 is 5.97 Å². The summed E-state index contributed by atoms with van der Waals surface area (Å²) in [5.41, 5.74) is 5.11. The molecule has 1 aliphatic rings. The Morgan fingerprint density at radius 1 is 1.12 bits per heavy atom. The molecule has 0 spiro atoms. The van der Waals surface area contributed by atoms with Crippen LogP contribution in [0.3, 0.4) is 0 Å². The highest BCUT2D eigenvalue weighted by Gasteiger charge is 2.45. The van der Waals surface area contributed by atoms with E-state index < -0.39 is 10.6 Å². The lowest BCUT2D eigenvalue weighted by molar-refractivity contribution is -0.143. The molecule has 0 bridgehead atoms. The fourth-order valence-electron chi connectivity index (χ4n) is 5.47. The van der Waals surface area contributed by atoms with Crippen LogP contribution in [0.25, 0.3) is 21.2 Å². The van der Waals surface area contributed by atoms with Crippen molar-refractivity contribution in [1.29, 1.82) is 0 Å². The third kappa shape index (κ3) is 7.51. The van der Waals surface area contributed by atoms with Crippen LogP contribution in [0.15, 0.2) is 60.1 Å². The van der Waals surface area contributed by atoms with Crippen molar-refractivity contribution in [2.45, 2.75) is 46.6 Å². The fourth-order valence-corrected chi connectivity index (χ4v) is 8.73. The first-order valence-corrected chi connectivity index (χ1v) is 17.0. The van der Waals surface area contributed by atoms with Crippen LogP contribution < -0.4 is 9.47 Å². The van der Waals surface area contributed by atoms with Crippen molar-refractivity contribution in [3.8, 4) is 34.6 Å². The van der Waals surface area contributed by atoms with E-state index in [4.69, 9.17) is 14.2 Å². The van der Waals surface area contributed by atoms with Crippen LogP contribution in [0.1, 0.15) is 49.8 Å². The number of hydrogen-bond acceptors (Lipinski definition) is 8. The Balaban J connectivity index is 1.25. The zero-order valence-electron chi connectivity index (χ0n) is 24.9. The van der Waals surface area contributed by atoms with Gasteiger partial charge < -0.3 is 14.2 Å². The van der Waals surface area contributed by atoms with E-state index in [1.807, 2.05) is 31.2 Å². The van der Waals surface area contributed by atoms with Gasteiger partial charge in [-0.2, -0.15) is 10.6 Å². The lowest BCUT2D eigenvalue weighted by atomic mass is 9.96. The van der Waals surface area contributed by atoms with Crippen molar-refractivity contribution < 1.29 is 28.1 Å². The Morgan fingerprint density at radius 3 is 2.60 bits per heavy atom. The van der Waals surface area contributed by atoms with Crippen LogP contribution >= 0.6 is 21.9 Å². The second kappa shape index (κ2) is 13.0. The highest BCUT2D eigenvalue weighted by Crippen LogP contribution is 2.58. The first kappa shape index (κ1) is 30.9. The lowest BCUT2D eigenvalue weighted by Gasteiger charge is -2.53. The number of benzene rings is 2. The van der Waals surface area contributed by atoms with Crippen molar-refractivity contribution in [2.75, 3.05) is 24.7 Å². The molecule has 1 fully saturated rings. The molecule has 0 saturated carbocycles. The molecule has 0 radical (unpaired) electrons. The Morgan fingerprint density at radius 2 is 1.93 bits per heavy atom. The highest BCUT2D eigenvalue weighted by molar-refractivity contribution is 8.25. The summed E-state index contributed by atoms with van der Waals surface area (Å²) < 4.78 is 37.9. The molecule has 3 heterocycles. The van der Waals surface area contributed by atoms with E-state index in [0.717, 1.165) is 33.6 Å². The van der Waals surface area contributed by atoms with E-state index in [-0.39, 0.29) is 23.7 Å². The molecule has 2 N–H and O–H groups in total. The third-order valence-electron chi connectivity index (χ3n) is 7.42. The maximum Gasteiger partial charge on any atom is 0.307 e. The minimum atomic E-state index is -2.40. The molecular formula is C34H37NO6S2. The van der Waals surface area contributed by atoms with Crippen molar-refractivity contribution in [1.82, 2.24) is 4.98 Å². The van der Waals surface area contributed by atoms with Gasteiger partial charge in [-0.05, 0) is 72.7 Å². The summed E-state index contributed by atoms with van der Waals surface area (Å²) in [7, 11) is -2.40. The average Bonchev–Trinajstić information content (AvgIpc) is 3.37. The quantitative estimate of drug-likeness (QED) is 0.129. The van der Waals surface area contributed by atoms with Gasteiger partial charge in [-0.1, -0.05) is 31.0 Å². The molecule has 2 aromatic carbocycles. The predicted octanol–water partition coefficient (Wildman–Crippen LogP) is 8.06. The molecular weight excluding hydrogens is 583 g/mol. The van der Waals surface area contributed by atoms with Crippen molar-refractivity contribution in [3.63, 3.8) is 0 Å². The topological polar surface area (TPSA) is 98.1 Å².